The van der Waals surface area contributed by atoms with Gasteiger partial charge in [-0.1, -0.05) is 29.8 Å². The second-order valence-electron chi connectivity index (χ2n) is 8.49. The van der Waals surface area contributed by atoms with Gasteiger partial charge in [-0.15, -0.1) is 0 Å². The third kappa shape index (κ3) is 5.78. The van der Waals surface area contributed by atoms with Gasteiger partial charge >= 0.3 is 0 Å². The smallest absolute Gasteiger partial charge is 0.256 e. The number of halogens is 2. The summed E-state index contributed by atoms with van der Waals surface area (Å²) in [6.45, 7) is 7.37. The molecule has 0 aliphatic carbocycles. The molecule has 0 saturated carbocycles. The first-order valence-electron chi connectivity index (χ1n) is 11.2. The van der Waals surface area contributed by atoms with E-state index in [0.29, 0.717) is 39.3 Å². The number of hydrogen-bond donors (Lipinski definition) is 1. The molecule has 2 heterocycles. The number of anilines is 1. The van der Waals surface area contributed by atoms with Crippen molar-refractivity contribution in [1.29, 1.82) is 0 Å². The quantitative estimate of drug-likeness (QED) is 0.717. The first kappa shape index (κ1) is 23.0. The van der Waals surface area contributed by atoms with Crippen molar-refractivity contribution in [3.05, 3.63) is 64.9 Å². The Morgan fingerprint density at radius 3 is 2.09 bits per heavy atom. The highest BCUT2D eigenvalue weighted by molar-refractivity contribution is 6.30. The van der Waals surface area contributed by atoms with E-state index >= 15 is 0 Å². The molecule has 0 bridgehead atoms. The molecule has 2 fully saturated rings. The van der Waals surface area contributed by atoms with Crippen LogP contribution in [-0.2, 0) is 0 Å². The minimum absolute atomic E-state index is 0.0533. The van der Waals surface area contributed by atoms with Crippen molar-refractivity contribution in [2.75, 3.05) is 70.3 Å². The van der Waals surface area contributed by atoms with Crippen LogP contribution in [0.25, 0.3) is 0 Å². The van der Waals surface area contributed by atoms with Gasteiger partial charge in [-0.2, -0.15) is 0 Å². The van der Waals surface area contributed by atoms with Crippen molar-refractivity contribution in [2.45, 2.75) is 6.10 Å². The molecule has 1 N–H and O–H groups in total. The molecule has 2 saturated heterocycles. The molecule has 32 heavy (non-hydrogen) atoms. The standard InChI is InChI=1S/C24H30ClFN4O2/c25-19-6-7-22(23(26)16-19)24(32)30-14-10-28(11-15-30)18-21(31)17-27-8-12-29(13-9-27)20-4-2-1-3-5-20/h1-7,16,21,31H,8-15,17-18H2. The van der Waals surface area contributed by atoms with Gasteiger partial charge in [0.2, 0.25) is 0 Å². The van der Waals surface area contributed by atoms with E-state index in [-0.39, 0.29) is 16.5 Å². The fourth-order valence-electron chi connectivity index (χ4n) is 4.45. The molecule has 2 aliphatic rings. The average molecular weight is 461 g/mol. The fourth-order valence-corrected chi connectivity index (χ4v) is 4.61. The Morgan fingerprint density at radius 1 is 0.906 bits per heavy atom. The fraction of sp³-hybridized carbons (Fsp3) is 0.458. The van der Waals surface area contributed by atoms with E-state index in [1.54, 1.807) is 4.90 Å². The number of piperazine rings is 2. The van der Waals surface area contributed by atoms with Crippen molar-refractivity contribution in [3.8, 4) is 0 Å². The summed E-state index contributed by atoms with van der Waals surface area (Å²) in [6.07, 6.45) is -0.436. The molecule has 0 radical (unpaired) electrons. The van der Waals surface area contributed by atoms with Gasteiger partial charge in [0.15, 0.2) is 0 Å². The van der Waals surface area contributed by atoms with Crippen LogP contribution in [0.4, 0.5) is 10.1 Å². The van der Waals surface area contributed by atoms with E-state index in [1.807, 2.05) is 6.07 Å². The summed E-state index contributed by atoms with van der Waals surface area (Å²) in [4.78, 5) is 21.1. The van der Waals surface area contributed by atoms with E-state index in [9.17, 15) is 14.3 Å². The molecule has 2 aliphatic heterocycles. The van der Waals surface area contributed by atoms with Gasteiger partial charge in [0.25, 0.3) is 5.91 Å². The molecule has 6 nitrogen and oxygen atoms in total. The summed E-state index contributed by atoms with van der Waals surface area (Å²) >= 11 is 5.78. The van der Waals surface area contributed by atoms with Gasteiger partial charge in [-0.3, -0.25) is 14.6 Å². The summed E-state index contributed by atoms with van der Waals surface area (Å²) in [5.41, 5.74) is 1.30. The first-order valence-corrected chi connectivity index (χ1v) is 11.5. The molecule has 8 heteroatoms. The van der Waals surface area contributed by atoms with Crippen LogP contribution in [-0.4, -0.2) is 97.3 Å². The number of β-amino-alcohol motifs (C(OH)–C–C–N with tert-alkyl or cyclic N) is 1. The number of para-hydroxylation sites is 1. The third-order valence-corrected chi connectivity index (χ3v) is 6.49. The molecule has 0 aromatic heterocycles. The molecule has 172 valence electrons. The average Bonchev–Trinajstić information content (AvgIpc) is 2.80. The van der Waals surface area contributed by atoms with Gasteiger partial charge in [-0.05, 0) is 30.3 Å². The summed E-state index contributed by atoms with van der Waals surface area (Å²) in [5.74, 6) is -0.900. The highest BCUT2D eigenvalue weighted by Gasteiger charge is 2.26. The number of carbonyl (C=O) groups is 1. The number of benzene rings is 2. The van der Waals surface area contributed by atoms with Crippen molar-refractivity contribution >= 4 is 23.2 Å². The lowest BCUT2D eigenvalue weighted by Crippen LogP contribution is -2.53. The van der Waals surface area contributed by atoms with Crippen molar-refractivity contribution < 1.29 is 14.3 Å². The number of carbonyl (C=O) groups excluding carboxylic acids is 1. The van der Waals surface area contributed by atoms with Crippen LogP contribution in [0.2, 0.25) is 5.02 Å². The van der Waals surface area contributed by atoms with Crippen LogP contribution in [0.15, 0.2) is 48.5 Å². The van der Waals surface area contributed by atoms with Gasteiger partial charge in [-0.25, -0.2) is 4.39 Å². The molecular weight excluding hydrogens is 431 g/mol. The van der Waals surface area contributed by atoms with Crippen molar-refractivity contribution in [1.82, 2.24) is 14.7 Å². The SMILES string of the molecule is O=C(c1ccc(Cl)cc1F)N1CCN(CC(O)CN2CCN(c3ccccc3)CC2)CC1. The molecule has 2 aromatic rings. The zero-order chi connectivity index (χ0) is 22.5. The summed E-state index contributed by atoms with van der Waals surface area (Å²) < 4.78 is 14.1. The van der Waals surface area contributed by atoms with E-state index in [1.165, 1.54) is 23.9 Å². The lowest BCUT2D eigenvalue weighted by Gasteiger charge is -2.39. The van der Waals surface area contributed by atoms with E-state index < -0.39 is 11.9 Å². The summed E-state index contributed by atoms with van der Waals surface area (Å²) in [7, 11) is 0. The van der Waals surface area contributed by atoms with Crippen LogP contribution in [0, 0.1) is 5.82 Å². The largest absolute Gasteiger partial charge is 0.390 e. The van der Waals surface area contributed by atoms with Gasteiger partial charge in [0.05, 0.1) is 11.7 Å². The highest BCUT2D eigenvalue weighted by atomic mass is 35.5. The van der Waals surface area contributed by atoms with Gasteiger partial charge < -0.3 is 14.9 Å². The van der Waals surface area contributed by atoms with Crippen LogP contribution >= 0.6 is 11.6 Å². The van der Waals surface area contributed by atoms with Crippen LogP contribution in [0.1, 0.15) is 10.4 Å². The number of aliphatic hydroxyl groups is 1. The van der Waals surface area contributed by atoms with Crippen LogP contribution < -0.4 is 4.90 Å². The van der Waals surface area contributed by atoms with Crippen LogP contribution in [0.3, 0.4) is 0 Å². The Bertz CT molecular complexity index is 900. The second kappa shape index (κ2) is 10.6. The molecule has 4 rings (SSSR count). The minimum Gasteiger partial charge on any atom is -0.390 e. The van der Waals surface area contributed by atoms with Gasteiger partial charge in [0, 0.05) is 76.2 Å². The normalized spacial score (nSPS) is 19.2. The van der Waals surface area contributed by atoms with Crippen LogP contribution in [0.5, 0.6) is 0 Å². The van der Waals surface area contributed by atoms with Gasteiger partial charge in [0.1, 0.15) is 5.82 Å². The lowest BCUT2D eigenvalue weighted by atomic mass is 10.1. The minimum atomic E-state index is -0.590. The highest BCUT2D eigenvalue weighted by Crippen LogP contribution is 2.18. The number of amides is 1. The van der Waals surface area contributed by atoms with Crippen molar-refractivity contribution in [3.63, 3.8) is 0 Å². The van der Waals surface area contributed by atoms with E-state index in [0.717, 1.165) is 26.2 Å². The number of aliphatic hydroxyl groups excluding tert-OH is 1. The Morgan fingerprint density at radius 2 is 1.50 bits per heavy atom. The third-order valence-electron chi connectivity index (χ3n) is 6.25. The topological polar surface area (TPSA) is 50.3 Å². The maximum absolute atomic E-state index is 14.1. The molecule has 2 aromatic carbocycles. The maximum Gasteiger partial charge on any atom is 0.256 e. The summed E-state index contributed by atoms with van der Waals surface area (Å²) in [5, 5.41) is 10.9. The monoisotopic (exact) mass is 460 g/mol. The zero-order valence-electron chi connectivity index (χ0n) is 18.2. The zero-order valence-corrected chi connectivity index (χ0v) is 18.9. The number of hydrogen-bond acceptors (Lipinski definition) is 5. The summed E-state index contributed by atoms with van der Waals surface area (Å²) in [6, 6.07) is 14.6. The molecule has 1 atom stereocenters. The Balaban J connectivity index is 1.19. The Labute approximate surface area is 193 Å². The van der Waals surface area contributed by atoms with Crippen molar-refractivity contribution in [2.24, 2.45) is 0 Å². The molecule has 1 amide bonds. The molecule has 0 spiro atoms. The Kier molecular flexibility index (Phi) is 7.63. The second-order valence-corrected chi connectivity index (χ2v) is 8.93. The number of nitrogens with zero attached hydrogens (tertiary/aromatic N) is 4. The maximum atomic E-state index is 14.1. The number of rotatable bonds is 6. The molecule has 1 unspecified atom stereocenters. The van der Waals surface area contributed by atoms with E-state index in [2.05, 4.69) is 39.0 Å². The lowest BCUT2D eigenvalue weighted by molar-refractivity contribution is 0.0423. The Hall–Kier alpha value is -2.19. The first-order chi connectivity index (χ1) is 15.5. The predicted octanol–water partition coefficient (Wildman–Crippen LogP) is 2.42. The van der Waals surface area contributed by atoms with E-state index in [4.69, 9.17) is 11.6 Å². The predicted molar refractivity (Wildman–Crippen MR) is 125 cm³/mol. The molecular formula is C24H30ClFN4O2.